The summed E-state index contributed by atoms with van der Waals surface area (Å²) >= 11 is 0. The molecule has 0 unspecified atom stereocenters. The van der Waals surface area contributed by atoms with Crippen LogP contribution >= 0.6 is 0 Å². The lowest BCUT2D eigenvalue weighted by atomic mass is 9.84. The van der Waals surface area contributed by atoms with Crippen molar-refractivity contribution in [3.05, 3.63) is 42.5 Å². The number of aliphatic hydroxyl groups is 1. The van der Waals surface area contributed by atoms with E-state index in [1.54, 1.807) is 11.0 Å². The number of aromatic nitrogens is 3. The molecular formula is C16H19F2N5O2. The Morgan fingerprint density at radius 2 is 1.92 bits per heavy atom. The first kappa shape index (κ1) is 17.4. The zero-order valence-corrected chi connectivity index (χ0v) is 13.5. The average Bonchev–Trinajstić information content (AvgIpc) is 3.06. The van der Waals surface area contributed by atoms with Gasteiger partial charge in [0.05, 0.1) is 12.2 Å². The largest absolute Gasteiger partial charge is 0.383 e. The zero-order chi connectivity index (χ0) is 18.1. The molecule has 1 aliphatic heterocycles. The number of hydrogen-bond donors (Lipinski definition) is 2. The number of alkyl halides is 2. The number of nitrogens with two attached hydrogens (primary N) is 1. The van der Waals surface area contributed by atoms with Crippen LogP contribution in [0.5, 0.6) is 0 Å². The lowest BCUT2D eigenvalue weighted by Gasteiger charge is -2.40. The zero-order valence-electron chi connectivity index (χ0n) is 13.5. The number of para-hydroxylation sites is 1. The molecule has 0 spiro atoms. The molecule has 1 saturated heterocycles. The predicted octanol–water partition coefficient (Wildman–Crippen LogP) is 0.715. The van der Waals surface area contributed by atoms with E-state index >= 15 is 0 Å². The molecule has 0 atom stereocenters. The molecule has 1 aliphatic rings. The normalized spacial score (nSPS) is 18.2. The van der Waals surface area contributed by atoms with E-state index < -0.39 is 17.4 Å². The molecular weight excluding hydrogens is 332 g/mol. The number of carbonyl (C=O) groups excluding carboxylic acids is 1. The van der Waals surface area contributed by atoms with Gasteiger partial charge in [-0.15, -0.1) is 5.10 Å². The minimum atomic E-state index is -3.94. The number of hydrogen-bond acceptors (Lipinski definition) is 5. The minimum absolute atomic E-state index is 0.194. The van der Waals surface area contributed by atoms with Gasteiger partial charge in [0.2, 0.25) is 0 Å². The fourth-order valence-corrected chi connectivity index (χ4v) is 2.90. The molecule has 1 aromatic heterocycles. The van der Waals surface area contributed by atoms with Crippen LogP contribution in [0, 0.1) is 0 Å². The van der Waals surface area contributed by atoms with E-state index in [0.29, 0.717) is 12.4 Å². The number of likely N-dealkylation sites (tertiary alicyclic amines) is 1. The molecule has 134 valence electrons. The number of piperidine rings is 1. The van der Waals surface area contributed by atoms with Crippen LogP contribution in [0.1, 0.15) is 18.7 Å². The summed E-state index contributed by atoms with van der Waals surface area (Å²) in [4.78, 5) is 17.0. The highest BCUT2D eigenvalue weighted by atomic mass is 19.3. The predicted molar refractivity (Wildman–Crippen MR) is 85.0 cm³/mol. The van der Waals surface area contributed by atoms with Gasteiger partial charge >= 0.3 is 5.92 Å². The van der Waals surface area contributed by atoms with E-state index in [-0.39, 0.29) is 25.9 Å². The molecule has 0 radical (unpaired) electrons. The van der Waals surface area contributed by atoms with Crippen LogP contribution in [-0.4, -0.2) is 55.3 Å². The van der Waals surface area contributed by atoms with Crippen LogP contribution in [0.3, 0.4) is 0 Å². The number of primary amides is 1. The van der Waals surface area contributed by atoms with Crippen molar-refractivity contribution in [3.8, 4) is 5.69 Å². The fraction of sp³-hybridized carbons (Fsp3) is 0.438. The summed E-state index contributed by atoms with van der Waals surface area (Å²) in [6, 6.07) is 9.47. The SMILES string of the molecule is NC(=O)C(F)(F)C1(O)CCN(Cc2ncn(-c3ccccc3)n2)CC1. The third kappa shape index (κ3) is 3.38. The Balaban J connectivity index is 1.62. The lowest BCUT2D eigenvalue weighted by Crippen LogP contribution is -2.60. The number of carbonyl (C=O) groups is 1. The van der Waals surface area contributed by atoms with Gasteiger partial charge in [0.1, 0.15) is 11.9 Å². The second-order valence-corrected chi connectivity index (χ2v) is 6.19. The topological polar surface area (TPSA) is 97.3 Å². The third-order valence-corrected chi connectivity index (χ3v) is 4.50. The van der Waals surface area contributed by atoms with Crippen LogP contribution in [-0.2, 0) is 11.3 Å². The summed E-state index contributed by atoms with van der Waals surface area (Å²) in [7, 11) is 0. The smallest absolute Gasteiger partial charge is 0.352 e. The van der Waals surface area contributed by atoms with E-state index in [1.165, 1.54) is 0 Å². The van der Waals surface area contributed by atoms with Crippen molar-refractivity contribution in [2.75, 3.05) is 13.1 Å². The first-order valence-corrected chi connectivity index (χ1v) is 7.90. The van der Waals surface area contributed by atoms with Gasteiger partial charge < -0.3 is 10.8 Å². The van der Waals surface area contributed by atoms with Gasteiger partial charge in [0, 0.05) is 13.1 Å². The molecule has 9 heteroatoms. The Labute approximate surface area is 143 Å². The molecule has 3 rings (SSSR count). The summed E-state index contributed by atoms with van der Waals surface area (Å²) in [6.45, 7) is 0.760. The van der Waals surface area contributed by atoms with Crippen LogP contribution in [0.4, 0.5) is 8.78 Å². The van der Waals surface area contributed by atoms with E-state index in [9.17, 15) is 18.7 Å². The first-order chi connectivity index (χ1) is 11.8. The van der Waals surface area contributed by atoms with Gasteiger partial charge in [-0.3, -0.25) is 9.69 Å². The molecule has 2 aromatic rings. The van der Waals surface area contributed by atoms with Gasteiger partial charge in [-0.05, 0) is 25.0 Å². The monoisotopic (exact) mass is 351 g/mol. The molecule has 0 bridgehead atoms. The van der Waals surface area contributed by atoms with Crippen molar-refractivity contribution in [3.63, 3.8) is 0 Å². The van der Waals surface area contributed by atoms with Crippen LogP contribution < -0.4 is 5.73 Å². The van der Waals surface area contributed by atoms with Gasteiger partial charge in [0.15, 0.2) is 5.82 Å². The third-order valence-electron chi connectivity index (χ3n) is 4.50. The maximum absolute atomic E-state index is 13.8. The summed E-state index contributed by atoms with van der Waals surface area (Å²) < 4.78 is 29.2. The second-order valence-electron chi connectivity index (χ2n) is 6.19. The molecule has 2 heterocycles. The minimum Gasteiger partial charge on any atom is -0.383 e. The molecule has 0 aliphatic carbocycles. The molecule has 1 aromatic carbocycles. The van der Waals surface area contributed by atoms with Crippen LogP contribution in [0.2, 0.25) is 0 Å². The number of amides is 1. The number of nitrogens with zero attached hydrogens (tertiary/aromatic N) is 4. The van der Waals surface area contributed by atoms with Gasteiger partial charge in [0.25, 0.3) is 5.91 Å². The summed E-state index contributed by atoms with van der Waals surface area (Å²) in [6.07, 6.45) is 1.09. The van der Waals surface area contributed by atoms with Crippen molar-refractivity contribution in [2.45, 2.75) is 30.9 Å². The molecule has 1 fully saturated rings. The van der Waals surface area contributed by atoms with Crippen molar-refractivity contribution < 1.29 is 18.7 Å². The standard InChI is InChI=1S/C16H19F2N5O2/c17-16(18,14(19)24)15(25)6-8-22(9-7-15)10-13-20-11-23(21-13)12-4-2-1-3-5-12/h1-5,11,25H,6-10H2,(H2,19,24). The summed E-state index contributed by atoms with van der Waals surface area (Å²) in [5.74, 6) is -5.19. The second kappa shape index (κ2) is 6.49. The molecule has 25 heavy (non-hydrogen) atoms. The van der Waals surface area contributed by atoms with E-state index in [2.05, 4.69) is 10.1 Å². The molecule has 7 nitrogen and oxygen atoms in total. The maximum Gasteiger partial charge on any atom is 0.352 e. The average molecular weight is 351 g/mol. The van der Waals surface area contributed by atoms with Crippen LogP contribution in [0.25, 0.3) is 5.69 Å². The quantitative estimate of drug-likeness (QED) is 0.827. The van der Waals surface area contributed by atoms with Crippen molar-refractivity contribution in [1.82, 2.24) is 19.7 Å². The molecule has 1 amide bonds. The van der Waals surface area contributed by atoms with E-state index in [1.807, 2.05) is 35.2 Å². The first-order valence-electron chi connectivity index (χ1n) is 7.90. The van der Waals surface area contributed by atoms with E-state index in [4.69, 9.17) is 5.73 Å². The van der Waals surface area contributed by atoms with Crippen molar-refractivity contribution in [2.24, 2.45) is 5.73 Å². The molecule has 0 saturated carbocycles. The highest BCUT2D eigenvalue weighted by molar-refractivity contribution is 5.83. The van der Waals surface area contributed by atoms with Gasteiger partial charge in [-0.2, -0.15) is 8.78 Å². The Morgan fingerprint density at radius 1 is 1.28 bits per heavy atom. The fourth-order valence-electron chi connectivity index (χ4n) is 2.90. The number of benzene rings is 1. The Kier molecular flexibility index (Phi) is 4.53. The van der Waals surface area contributed by atoms with Gasteiger partial charge in [-0.1, -0.05) is 18.2 Å². The summed E-state index contributed by atoms with van der Waals surface area (Å²) in [5, 5.41) is 14.5. The Hall–Kier alpha value is -2.39. The van der Waals surface area contributed by atoms with Gasteiger partial charge in [-0.25, -0.2) is 9.67 Å². The van der Waals surface area contributed by atoms with Crippen molar-refractivity contribution in [1.29, 1.82) is 0 Å². The highest BCUT2D eigenvalue weighted by Gasteiger charge is 2.57. The number of halogens is 2. The Bertz CT molecular complexity index is 742. The number of rotatable bonds is 5. The highest BCUT2D eigenvalue weighted by Crippen LogP contribution is 2.37. The van der Waals surface area contributed by atoms with Crippen LogP contribution in [0.15, 0.2) is 36.7 Å². The molecule has 3 N–H and O–H groups in total. The maximum atomic E-state index is 13.8. The van der Waals surface area contributed by atoms with E-state index in [0.717, 1.165) is 5.69 Å². The van der Waals surface area contributed by atoms with Crippen molar-refractivity contribution >= 4 is 5.91 Å². The Morgan fingerprint density at radius 3 is 2.52 bits per heavy atom. The lowest BCUT2D eigenvalue weighted by molar-refractivity contribution is -0.202. The summed E-state index contributed by atoms with van der Waals surface area (Å²) in [5.41, 5.74) is 3.19.